The number of carbonyl (C=O) groups is 2. The van der Waals surface area contributed by atoms with Crippen LogP contribution in [0.3, 0.4) is 0 Å². The van der Waals surface area contributed by atoms with Crippen LogP contribution in [-0.4, -0.2) is 34.6 Å². The highest BCUT2D eigenvalue weighted by atomic mass is 16.4. The number of carbonyl (C=O) groups excluding carboxylic acids is 1. The van der Waals surface area contributed by atoms with E-state index in [-0.39, 0.29) is 12.5 Å². The van der Waals surface area contributed by atoms with Gasteiger partial charge in [0.1, 0.15) is 0 Å². The number of aliphatic hydroxyl groups is 1. The maximum Gasteiger partial charge on any atom is 0.303 e. The molecule has 0 aliphatic carbocycles. The van der Waals surface area contributed by atoms with Gasteiger partial charge < -0.3 is 15.1 Å². The molecule has 156 valence electrons. The van der Waals surface area contributed by atoms with Crippen LogP contribution >= 0.6 is 0 Å². The molecular formula is C23H35NO4. The van der Waals surface area contributed by atoms with E-state index >= 15 is 0 Å². The molecule has 0 spiro atoms. The van der Waals surface area contributed by atoms with Crippen molar-refractivity contribution in [3.05, 3.63) is 29.8 Å². The van der Waals surface area contributed by atoms with E-state index in [4.69, 9.17) is 5.11 Å². The van der Waals surface area contributed by atoms with Crippen LogP contribution in [0, 0.1) is 0 Å². The smallest absolute Gasteiger partial charge is 0.303 e. The average Bonchev–Trinajstić information content (AvgIpc) is 3.05. The molecule has 5 nitrogen and oxygen atoms in total. The first-order chi connectivity index (χ1) is 13.5. The normalized spacial score (nSPS) is 17.9. The Morgan fingerprint density at radius 2 is 1.82 bits per heavy atom. The minimum Gasteiger partial charge on any atom is -0.481 e. The highest BCUT2D eigenvalue weighted by Crippen LogP contribution is 2.29. The lowest BCUT2D eigenvalue weighted by atomic mass is 10.0. The number of aliphatic hydroxyl groups excluding tert-OH is 1. The number of hydrogen-bond acceptors (Lipinski definition) is 4. The molecule has 1 aromatic carbocycles. The number of benzene rings is 1. The summed E-state index contributed by atoms with van der Waals surface area (Å²) >= 11 is 0. The summed E-state index contributed by atoms with van der Waals surface area (Å²) in [6.07, 6.45) is 8.87. The fourth-order valence-electron chi connectivity index (χ4n) is 3.96. The predicted octanol–water partition coefficient (Wildman–Crippen LogP) is 4.87. The maximum atomic E-state index is 12.3. The topological polar surface area (TPSA) is 77.8 Å². The van der Waals surface area contributed by atoms with Crippen LogP contribution in [-0.2, 0) is 9.59 Å². The van der Waals surface area contributed by atoms with E-state index in [1.165, 1.54) is 0 Å². The van der Waals surface area contributed by atoms with E-state index in [9.17, 15) is 14.7 Å². The molecule has 2 rings (SSSR count). The standard InChI is InChI=1S/C23H35NO4/c1-2-3-6-10-21(25)18-12-14-19(15-13-18)24-17-16-22(26)20(24)9-7-4-5-8-11-23(27)28/h12-15,20-21,25H,2-11,16-17H2,1H3,(H,27,28). The van der Waals surface area contributed by atoms with Crippen LogP contribution in [0.25, 0.3) is 0 Å². The van der Waals surface area contributed by atoms with Crippen molar-refractivity contribution in [2.24, 2.45) is 0 Å². The Balaban J connectivity index is 1.84. The van der Waals surface area contributed by atoms with Crippen molar-refractivity contribution < 1.29 is 19.8 Å². The molecule has 2 N–H and O–H groups in total. The molecule has 2 unspecified atom stereocenters. The molecule has 1 heterocycles. The van der Waals surface area contributed by atoms with Gasteiger partial charge in [-0.25, -0.2) is 0 Å². The molecule has 1 fully saturated rings. The van der Waals surface area contributed by atoms with Gasteiger partial charge in [-0.2, -0.15) is 0 Å². The first kappa shape index (κ1) is 22.4. The highest BCUT2D eigenvalue weighted by Gasteiger charge is 2.31. The van der Waals surface area contributed by atoms with Crippen LogP contribution in [0.1, 0.15) is 89.2 Å². The summed E-state index contributed by atoms with van der Waals surface area (Å²) in [5.41, 5.74) is 1.99. The number of ketones is 1. The fraction of sp³-hybridized carbons (Fsp3) is 0.652. The van der Waals surface area contributed by atoms with Gasteiger partial charge in [0.05, 0.1) is 12.1 Å². The largest absolute Gasteiger partial charge is 0.481 e. The van der Waals surface area contributed by atoms with E-state index in [2.05, 4.69) is 11.8 Å². The van der Waals surface area contributed by atoms with Gasteiger partial charge in [-0.05, 0) is 37.0 Å². The summed E-state index contributed by atoms with van der Waals surface area (Å²) in [6, 6.07) is 7.95. The Morgan fingerprint density at radius 1 is 1.11 bits per heavy atom. The summed E-state index contributed by atoms with van der Waals surface area (Å²) in [6.45, 7) is 2.91. The van der Waals surface area contributed by atoms with Crippen molar-refractivity contribution in [1.29, 1.82) is 0 Å². The van der Waals surface area contributed by atoms with Crippen LogP contribution in [0.15, 0.2) is 24.3 Å². The van der Waals surface area contributed by atoms with Crippen molar-refractivity contribution >= 4 is 17.4 Å². The molecule has 0 bridgehead atoms. The number of carboxylic acids is 1. The Morgan fingerprint density at radius 3 is 2.50 bits per heavy atom. The second-order valence-corrected chi connectivity index (χ2v) is 7.88. The summed E-state index contributed by atoms with van der Waals surface area (Å²) in [4.78, 5) is 25.1. The fourth-order valence-corrected chi connectivity index (χ4v) is 3.96. The number of Topliss-reactive ketones (excluding diaryl/α,β-unsaturated/α-hetero) is 1. The molecule has 5 heteroatoms. The number of anilines is 1. The summed E-state index contributed by atoms with van der Waals surface area (Å²) in [5.74, 6) is -0.440. The van der Waals surface area contributed by atoms with E-state index < -0.39 is 12.1 Å². The zero-order valence-electron chi connectivity index (χ0n) is 17.1. The van der Waals surface area contributed by atoms with E-state index in [1.54, 1.807) is 0 Å². The Labute approximate surface area is 168 Å². The minimum atomic E-state index is -0.740. The van der Waals surface area contributed by atoms with Gasteiger partial charge in [-0.15, -0.1) is 0 Å². The van der Waals surface area contributed by atoms with Crippen LogP contribution < -0.4 is 4.90 Å². The third kappa shape index (κ3) is 6.93. The Bertz CT molecular complexity index is 614. The Kier molecular flexibility index (Phi) is 9.48. The number of carboxylic acid groups (broad SMARTS) is 1. The SMILES string of the molecule is CCCCCC(O)c1ccc(N2CCC(=O)C2CCCCCCC(=O)O)cc1. The minimum absolute atomic E-state index is 0.0696. The molecule has 0 radical (unpaired) electrons. The second-order valence-electron chi connectivity index (χ2n) is 7.88. The molecule has 1 aliphatic rings. The van der Waals surface area contributed by atoms with Crippen molar-refractivity contribution in [1.82, 2.24) is 0 Å². The quantitative estimate of drug-likeness (QED) is 0.471. The number of unbranched alkanes of at least 4 members (excludes halogenated alkanes) is 5. The molecule has 0 amide bonds. The number of hydrogen-bond donors (Lipinski definition) is 2. The lowest BCUT2D eigenvalue weighted by Crippen LogP contribution is -2.32. The molecule has 0 aromatic heterocycles. The van der Waals surface area contributed by atoms with Crippen molar-refractivity contribution in [3.63, 3.8) is 0 Å². The van der Waals surface area contributed by atoms with Gasteiger partial charge in [-0.3, -0.25) is 9.59 Å². The van der Waals surface area contributed by atoms with Gasteiger partial charge >= 0.3 is 5.97 Å². The summed E-state index contributed by atoms with van der Waals surface area (Å²) in [5, 5.41) is 19.0. The van der Waals surface area contributed by atoms with Crippen LogP contribution in [0.4, 0.5) is 5.69 Å². The van der Waals surface area contributed by atoms with Gasteiger partial charge in [0, 0.05) is 25.1 Å². The Hall–Kier alpha value is -1.88. The van der Waals surface area contributed by atoms with E-state index in [1.807, 2.05) is 24.3 Å². The zero-order chi connectivity index (χ0) is 20.4. The first-order valence-corrected chi connectivity index (χ1v) is 10.8. The monoisotopic (exact) mass is 389 g/mol. The molecule has 1 aliphatic heterocycles. The number of rotatable bonds is 13. The van der Waals surface area contributed by atoms with Crippen LogP contribution in [0.2, 0.25) is 0 Å². The van der Waals surface area contributed by atoms with Crippen molar-refractivity contribution in [3.8, 4) is 0 Å². The second kappa shape index (κ2) is 11.8. The van der Waals surface area contributed by atoms with E-state index in [0.717, 1.165) is 69.2 Å². The molecule has 1 aromatic rings. The van der Waals surface area contributed by atoms with Gasteiger partial charge in [0.2, 0.25) is 0 Å². The third-order valence-electron chi connectivity index (χ3n) is 5.66. The number of aliphatic carboxylic acids is 1. The molecule has 2 atom stereocenters. The van der Waals surface area contributed by atoms with Crippen molar-refractivity contribution in [2.75, 3.05) is 11.4 Å². The van der Waals surface area contributed by atoms with E-state index in [0.29, 0.717) is 18.6 Å². The van der Waals surface area contributed by atoms with Gasteiger partial charge in [0.25, 0.3) is 0 Å². The lowest BCUT2D eigenvalue weighted by molar-refractivity contribution is -0.137. The average molecular weight is 390 g/mol. The summed E-state index contributed by atoms with van der Waals surface area (Å²) in [7, 11) is 0. The van der Waals surface area contributed by atoms with Crippen LogP contribution in [0.5, 0.6) is 0 Å². The molecular weight excluding hydrogens is 354 g/mol. The maximum absolute atomic E-state index is 12.3. The predicted molar refractivity (Wildman–Crippen MR) is 112 cm³/mol. The van der Waals surface area contributed by atoms with Gasteiger partial charge in [-0.1, -0.05) is 57.6 Å². The van der Waals surface area contributed by atoms with Gasteiger partial charge in [0.15, 0.2) is 5.78 Å². The lowest BCUT2D eigenvalue weighted by Gasteiger charge is -2.26. The first-order valence-electron chi connectivity index (χ1n) is 10.8. The van der Waals surface area contributed by atoms with Crippen molar-refractivity contribution in [2.45, 2.75) is 89.7 Å². The number of nitrogens with zero attached hydrogens (tertiary/aromatic N) is 1. The molecule has 28 heavy (non-hydrogen) atoms. The zero-order valence-corrected chi connectivity index (χ0v) is 17.1. The molecule has 0 saturated carbocycles. The summed E-state index contributed by atoms with van der Waals surface area (Å²) < 4.78 is 0. The highest BCUT2D eigenvalue weighted by molar-refractivity contribution is 5.90. The third-order valence-corrected chi connectivity index (χ3v) is 5.66. The molecule has 1 saturated heterocycles.